The number of aryl methyl sites for hydroxylation is 1. The fourth-order valence-electron chi connectivity index (χ4n) is 3.10. The Kier molecular flexibility index (Phi) is 2.93. The first kappa shape index (κ1) is 11.6. The van der Waals surface area contributed by atoms with E-state index in [1.165, 1.54) is 23.1 Å². The SMILES string of the molecule is Cc1ccc2c(c1)[C@@H](C)O[C@H]1CCCN(S)[C@@H]21. The van der Waals surface area contributed by atoms with Crippen LogP contribution in [-0.2, 0) is 4.74 Å². The molecule has 2 aliphatic rings. The van der Waals surface area contributed by atoms with Crippen LogP contribution in [-0.4, -0.2) is 17.0 Å². The van der Waals surface area contributed by atoms with Gasteiger partial charge in [-0.25, -0.2) is 4.31 Å². The number of hydrogen-bond donors (Lipinski definition) is 1. The first-order valence-electron chi connectivity index (χ1n) is 6.38. The summed E-state index contributed by atoms with van der Waals surface area (Å²) in [5, 5.41) is 0. The lowest BCUT2D eigenvalue weighted by atomic mass is 9.86. The average molecular weight is 249 g/mol. The predicted octanol–water partition coefficient (Wildman–Crippen LogP) is 3.44. The number of benzene rings is 1. The number of hydrogen-bond acceptors (Lipinski definition) is 3. The zero-order chi connectivity index (χ0) is 12.0. The lowest BCUT2D eigenvalue weighted by Crippen LogP contribution is -2.41. The fraction of sp³-hybridized carbons (Fsp3) is 0.571. The molecule has 2 nitrogen and oxygen atoms in total. The van der Waals surface area contributed by atoms with Gasteiger partial charge in [-0.1, -0.05) is 36.6 Å². The maximum Gasteiger partial charge on any atom is 0.0804 e. The van der Waals surface area contributed by atoms with Gasteiger partial charge in [0.1, 0.15) is 0 Å². The molecule has 0 N–H and O–H groups in total. The summed E-state index contributed by atoms with van der Waals surface area (Å²) in [6, 6.07) is 7.05. The van der Waals surface area contributed by atoms with Crippen molar-refractivity contribution in [2.75, 3.05) is 6.54 Å². The van der Waals surface area contributed by atoms with Crippen molar-refractivity contribution in [2.45, 2.75) is 44.9 Å². The van der Waals surface area contributed by atoms with E-state index in [1.54, 1.807) is 0 Å². The normalized spacial score (nSPS) is 33.0. The molecule has 0 amide bonds. The summed E-state index contributed by atoms with van der Waals surface area (Å²) in [7, 11) is 0. The molecular weight excluding hydrogens is 230 g/mol. The van der Waals surface area contributed by atoms with Crippen molar-refractivity contribution in [3.8, 4) is 0 Å². The third-order valence-corrected chi connectivity index (χ3v) is 4.38. The first-order valence-corrected chi connectivity index (χ1v) is 6.78. The number of piperidine rings is 1. The van der Waals surface area contributed by atoms with Crippen molar-refractivity contribution in [3.63, 3.8) is 0 Å². The Bertz CT molecular complexity index is 434. The molecule has 1 aromatic carbocycles. The van der Waals surface area contributed by atoms with Gasteiger partial charge in [-0.15, -0.1) is 0 Å². The Hall–Kier alpha value is -0.510. The largest absolute Gasteiger partial charge is 0.369 e. The zero-order valence-electron chi connectivity index (χ0n) is 10.4. The van der Waals surface area contributed by atoms with Crippen molar-refractivity contribution < 1.29 is 4.74 Å². The number of nitrogens with zero attached hydrogens (tertiary/aromatic N) is 1. The molecule has 2 aliphatic heterocycles. The lowest BCUT2D eigenvalue weighted by Gasteiger charge is -2.44. The van der Waals surface area contributed by atoms with Crippen LogP contribution in [0, 0.1) is 6.92 Å². The van der Waals surface area contributed by atoms with E-state index >= 15 is 0 Å². The number of thiol groups is 1. The molecule has 3 atom stereocenters. The topological polar surface area (TPSA) is 12.5 Å². The minimum absolute atomic E-state index is 0.214. The maximum absolute atomic E-state index is 6.15. The molecule has 0 spiro atoms. The van der Waals surface area contributed by atoms with Crippen LogP contribution in [0.1, 0.15) is 48.6 Å². The molecule has 0 aliphatic carbocycles. The maximum atomic E-state index is 6.15. The summed E-state index contributed by atoms with van der Waals surface area (Å²) in [5.41, 5.74) is 4.06. The standard InChI is InChI=1S/C14H19NOS/c1-9-5-6-11-12(8-9)10(2)16-13-4-3-7-15(17)14(11)13/h5-6,8,10,13-14,17H,3-4,7H2,1-2H3/t10-,13+,14+/m1/s1. The molecule has 1 fully saturated rings. The van der Waals surface area contributed by atoms with Crippen LogP contribution in [0.15, 0.2) is 18.2 Å². The fourth-order valence-corrected chi connectivity index (χ4v) is 3.51. The van der Waals surface area contributed by atoms with Crippen LogP contribution in [0.5, 0.6) is 0 Å². The molecule has 3 heteroatoms. The van der Waals surface area contributed by atoms with E-state index in [9.17, 15) is 0 Å². The summed E-state index contributed by atoms with van der Waals surface area (Å²) in [6.07, 6.45) is 2.86. The highest BCUT2D eigenvalue weighted by Crippen LogP contribution is 2.44. The summed E-state index contributed by atoms with van der Waals surface area (Å²) < 4.78 is 8.30. The molecule has 3 rings (SSSR count). The van der Waals surface area contributed by atoms with E-state index in [0.717, 1.165) is 13.0 Å². The van der Waals surface area contributed by atoms with Crippen LogP contribution in [0.2, 0.25) is 0 Å². The number of ether oxygens (including phenoxy) is 1. The van der Waals surface area contributed by atoms with Crippen molar-refractivity contribution >= 4 is 12.8 Å². The van der Waals surface area contributed by atoms with E-state index in [0.29, 0.717) is 12.1 Å². The Morgan fingerprint density at radius 1 is 1.35 bits per heavy atom. The molecule has 0 saturated carbocycles. The monoisotopic (exact) mass is 249 g/mol. The minimum atomic E-state index is 0.214. The second-order valence-corrected chi connectivity index (χ2v) is 5.71. The number of rotatable bonds is 0. The van der Waals surface area contributed by atoms with Gasteiger partial charge in [0.15, 0.2) is 0 Å². The molecule has 0 bridgehead atoms. The Labute approximate surface area is 109 Å². The van der Waals surface area contributed by atoms with Gasteiger partial charge in [-0.2, -0.15) is 0 Å². The Morgan fingerprint density at radius 2 is 2.18 bits per heavy atom. The molecule has 1 saturated heterocycles. The van der Waals surface area contributed by atoms with Crippen molar-refractivity contribution in [1.29, 1.82) is 0 Å². The number of fused-ring (bicyclic) bond motifs is 3. The van der Waals surface area contributed by atoms with Gasteiger partial charge in [0.25, 0.3) is 0 Å². The van der Waals surface area contributed by atoms with Crippen LogP contribution in [0.25, 0.3) is 0 Å². The van der Waals surface area contributed by atoms with E-state index < -0.39 is 0 Å². The van der Waals surface area contributed by atoms with Gasteiger partial charge in [-0.05, 0) is 37.8 Å². The van der Waals surface area contributed by atoms with Crippen LogP contribution in [0.3, 0.4) is 0 Å². The van der Waals surface area contributed by atoms with Crippen LogP contribution >= 0.6 is 12.8 Å². The highest BCUT2D eigenvalue weighted by Gasteiger charge is 2.38. The van der Waals surface area contributed by atoms with Crippen LogP contribution < -0.4 is 0 Å². The smallest absolute Gasteiger partial charge is 0.0804 e. The van der Waals surface area contributed by atoms with E-state index in [4.69, 9.17) is 4.74 Å². The van der Waals surface area contributed by atoms with E-state index in [1.807, 2.05) is 0 Å². The summed E-state index contributed by atoms with van der Waals surface area (Å²) in [5.74, 6) is 0. The quantitative estimate of drug-likeness (QED) is 0.707. The van der Waals surface area contributed by atoms with E-state index in [2.05, 4.69) is 49.2 Å². The molecule has 0 unspecified atom stereocenters. The van der Waals surface area contributed by atoms with Crippen molar-refractivity contribution in [2.24, 2.45) is 0 Å². The molecule has 17 heavy (non-hydrogen) atoms. The van der Waals surface area contributed by atoms with Gasteiger partial charge >= 0.3 is 0 Å². The van der Waals surface area contributed by atoms with E-state index in [-0.39, 0.29) is 6.10 Å². The van der Waals surface area contributed by atoms with Crippen LogP contribution in [0.4, 0.5) is 0 Å². The molecule has 92 valence electrons. The third kappa shape index (κ3) is 1.90. The average Bonchev–Trinajstić information content (AvgIpc) is 2.30. The third-order valence-electron chi connectivity index (χ3n) is 3.93. The minimum Gasteiger partial charge on any atom is -0.369 e. The molecule has 0 radical (unpaired) electrons. The zero-order valence-corrected chi connectivity index (χ0v) is 11.3. The van der Waals surface area contributed by atoms with Gasteiger partial charge in [0.2, 0.25) is 0 Å². The highest BCUT2D eigenvalue weighted by molar-refractivity contribution is 7.77. The van der Waals surface area contributed by atoms with Crippen molar-refractivity contribution in [1.82, 2.24) is 4.31 Å². The Balaban J connectivity index is 2.07. The van der Waals surface area contributed by atoms with Crippen molar-refractivity contribution in [3.05, 3.63) is 34.9 Å². The summed E-state index contributed by atoms with van der Waals surface area (Å²) >= 11 is 4.62. The summed E-state index contributed by atoms with van der Waals surface area (Å²) in [6.45, 7) is 5.35. The molecule has 2 heterocycles. The lowest BCUT2D eigenvalue weighted by molar-refractivity contribution is -0.0715. The van der Waals surface area contributed by atoms with Gasteiger partial charge in [-0.3, -0.25) is 0 Å². The van der Waals surface area contributed by atoms with Gasteiger partial charge in [0.05, 0.1) is 18.2 Å². The second-order valence-electron chi connectivity index (χ2n) is 5.20. The first-order chi connectivity index (χ1) is 8.16. The highest BCUT2D eigenvalue weighted by atomic mass is 32.1. The summed E-state index contributed by atoms with van der Waals surface area (Å²) in [4.78, 5) is 0. The molecule has 1 aromatic rings. The molecular formula is C14H19NOS. The van der Waals surface area contributed by atoms with Gasteiger partial charge in [0, 0.05) is 6.54 Å². The van der Waals surface area contributed by atoms with Gasteiger partial charge < -0.3 is 4.74 Å². The predicted molar refractivity (Wildman–Crippen MR) is 72.1 cm³/mol. The molecule has 0 aromatic heterocycles. The Morgan fingerprint density at radius 3 is 3.00 bits per heavy atom. The second kappa shape index (κ2) is 4.30.